The highest BCUT2D eigenvalue weighted by Gasteiger charge is 2.22. The van der Waals surface area contributed by atoms with Gasteiger partial charge in [0.2, 0.25) is 0 Å². The van der Waals surface area contributed by atoms with Crippen LogP contribution < -0.4 is 15.4 Å². The van der Waals surface area contributed by atoms with E-state index in [1.54, 1.807) is 48.5 Å². The maximum Gasteiger partial charge on any atom is 0.264 e. The molecule has 0 bridgehead atoms. The second-order valence-electron chi connectivity index (χ2n) is 6.51. The Morgan fingerprint density at radius 3 is 2.33 bits per heavy atom. The number of amides is 1. The quantitative estimate of drug-likeness (QED) is 0.636. The molecular weight excluding hydrogens is 400 g/mol. The van der Waals surface area contributed by atoms with Gasteiger partial charge in [-0.25, -0.2) is 8.42 Å². The Bertz CT molecular complexity index is 1200. The molecule has 0 heterocycles. The normalized spacial score (nSPS) is 10.8. The summed E-state index contributed by atoms with van der Waals surface area (Å²) in [5.41, 5.74) is 8.14. The summed E-state index contributed by atoms with van der Waals surface area (Å²) in [4.78, 5) is 12.6. The summed E-state index contributed by atoms with van der Waals surface area (Å²) in [5, 5.41) is 11.5. The van der Waals surface area contributed by atoms with Gasteiger partial charge in [0, 0.05) is 24.8 Å². The maximum absolute atomic E-state index is 13.0. The van der Waals surface area contributed by atoms with Crippen molar-refractivity contribution in [2.45, 2.75) is 11.4 Å². The van der Waals surface area contributed by atoms with Crippen molar-refractivity contribution in [3.63, 3.8) is 0 Å². The van der Waals surface area contributed by atoms with Crippen molar-refractivity contribution in [1.29, 1.82) is 5.26 Å². The number of carbonyl (C=O) groups excluding carboxylic acids is 1. The van der Waals surface area contributed by atoms with Crippen molar-refractivity contribution >= 4 is 27.3 Å². The molecule has 0 aliphatic rings. The van der Waals surface area contributed by atoms with Crippen LogP contribution in [-0.2, 0) is 16.6 Å². The first kappa shape index (κ1) is 21.0. The summed E-state index contributed by atoms with van der Waals surface area (Å²) in [6, 6.07) is 21.1. The summed E-state index contributed by atoms with van der Waals surface area (Å²) in [6.45, 7) is 0.368. The summed E-state index contributed by atoms with van der Waals surface area (Å²) in [5.74, 6) is -0.452. The molecule has 0 fully saturated rings. The highest BCUT2D eigenvalue weighted by Crippen LogP contribution is 2.23. The number of nitrogens with zero attached hydrogens (tertiary/aromatic N) is 2. The monoisotopic (exact) mass is 420 g/mol. The zero-order valence-corrected chi connectivity index (χ0v) is 17.1. The van der Waals surface area contributed by atoms with Crippen molar-refractivity contribution in [3.05, 3.63) is 89.5 Å². The molecular formula is C22H20N4O3S. The van der Waals surface area contributed by atoms with Gasteiger partial charge in [-0.05, 0) is 60.2 Å². The van der Waals surface area contributed by atoms with Crippen molar-refractivity contribution < 1.29 is 13.2 Å². The number of nitrogens with two attached hydrogens (primary N) is 1. The van der Waals surface area contributed by atoms with Gasteiger partial charge in [0.05, 0.1) is 22.2 Å². The lowest BCUT2D eigenvalue weighted by atomic mass is 10.2. The predicted octanol–water partition coefficient (Wildman–Crippen LogP) is 3.09. The molecule has 8 heteroatoms. The summed E-state index contributed by atoms with van der Waals surface area (Å²) in [6.07, 6.45) is 0. The van der Waals surface area contributed by atoms with Gasteiger partial charge in [0.25, 0.3) is 15.9 Å². The minimum Gasteiger partial charge on any atom is -0.326 e. The third-order valence-corrected chi connectivity index (χ3v) is 6.34. The number of anilines is 2. The zero-order valence-electron chi connectivity index (χ0n) is 16.2. The maximum atomic E-state index is 13.0. The molecule has 0 saturated carbocycles. The van der Waals surface area contributed by atoms with E-state index in [1.165, 1.54) is 31.3 Å². The molecule has 1 amide bonds. The Kier molecular flexibility index (Phi) is 6.16. The molecule has 0 aliphatic heterocycles. The number of nitriles is 1. The van der Waals surface area contributed by atoms with Crippen LogP contribution in [0.1, 0.15) is 21.5 Å². The molecule has 7 nitrogen and oxygen atoms in total. The van der Waals surface area contributed by atoms with Gasteiger partial charge in [-0.2, -0.15) is 5.26 Å². The minimum absolute atomic E-state index is 0.000352. The van der Waals surface area contributed by atoms with E-state index in [9.17, 15) is 13.2 Å². The first-order chi connectivity index (χ1) is 14.3. The highest BCUT2D eigenvalue weighted by molar-refractivity contribution is 7.92. The fraction of sp³-hybridized carbons (Fsp3) is 0.0909. The predicted molar refractivity (Wildman–Crippen MR) is 115 cm³/mol. The van der Waals surface area contributed by atoms with E-state index in [0.717, 1.165) is 9.87 Å². The second kappa shape index (κ2) is 8.78. The van der Waals surface area contributed by atoms with Crippen LogP contribution in [0.15, 0.2) is 77.7 Å². The van der Waals surface area contributed by atoms with E-state index in [2.05, 4.69) is 5.32 Å². The molecule has 0 aliphatic carbocycles. The van der Waals surface area contributed by atoms with Crippen molar-refractivity contribution in [2.24, 2.45) is 5.73 Å². The Hall–Kier alpha value is -3.67. The summed E-state index contributed by atoms with van der Waals surface area (Å²) >= 11 is 0. The molecule has 0 spiro atoms. The topological polar surface area (TPSA) is 116 Å². The lowest BCUT2D eigenvalue weighted by Gasteiger charge is -2.20. The zero-order chi connectivity index (χ0) is 21.7. The molecule has 30 heavy (non-hydrogen) atoms. The average Bonchev–Trinajstić information content (AvgIpc) is 2.79. The number of nitrogens with one attached hydrogen (secondary N) is 1. The molecule has 0 atom stereocenters. The fourth-order valence-corrected chi connectivity index (χ4v) is 4.01. The first-order valence-electron chi connectivity index (χ1n) is 9.04. The number of carbonyl (C=O) groups is 1. The number of sulfonamides is 1. The van der Waals surface area contributed by atoms with Gasteiger partial charge < -0.3 is 11.1 Å². The average molecular weight is 420 g/mol. The Morgan fingerprint density at radius 1 is 1.07 bits per heavy atom. The van der Waals surface area contributed by atoms with Crippen LogP contribution in [0.3, 0.4) is 0 Å². The SMILES string of the molecule is CN(c1ccc(CN)cc1)S(=O)(=O)c1cccc(C(=O)Nc2ccc(C#N)cc2)c1. The van der Waals surface area contributed by atoms with Crippen molar-refractivity contribution in [1.82, 2.24) is 0 Å². The van der Waals surface area contributed by atoms with Crippen LogP contribution in [0, 0.1) is 11.3 Å². The van der Waals surface area contributed by atoms with Crippen LogP contribution in [0.25, 0.3) is 0 Å². The molecule has 3 rings (SSSR count). The Labute approximate surface area is 175 Å². The lowest BCUT2D eigenvalue weighted by Crippen LogP contribution is -2.27. The molecule has 0 saturated heterocycles. The van der Waals surface area contributed by atoms with E-state index in [0.29, 0.717) is 23.5 Å². The van der Waals surface area contributed by atoms with Crippen LogP contribution in [0.5, 0.6) is 0 Å². The second-order valence-corrected chi connectivity index (χ2v) is 8.48. The van der Waals surface area contributed by atoms with Gasteiger partial charge >= 0.3 is 0 Å². The van der Waals surface area contributed by atoms with E-state index in [1.807, 2.05) is 6.07 Å². The summed E-state index contributed by atoms with van der Waals surface area (Å²) in [7, 11) is -2.41. The van der Waals surface area contributed by atoms with Gasteiger partial charge in [-0.1, -0.05) is 18.2 Å². The largest absolute Gasteiger partial charge is 0.326 e. The lowest BCUT2D eigenvalue weighted by molar-refractivity contribution is 0.102. The number of hydrogen-bond donors (Lipinski definition) is 2. The molecule has 3 aromatic rings. The van der Waals surface area contributed by atoms with Gasteiger partial charge in [-0.3, -0.25) is 9.10 Å². The van der Waals surface area contributed by atoms with E-state index >= 15 is 0 Å². The Morgan fingerprint density at radius 2 is 1.73 bits per heavy atom. The van der Waals surface area contributed by atoms with E-state index in [4.69, 9.17) is 11.0 Å². The van der Waals surface area contributed by atoms with E-state index in [-0.39, 0.29) is 10.5 Å². The number of hydrogen-bond acceptors (Lipinski definition) is 5. The highest BCUT2D eigenvalue weighted by atomic mass is 32.2. The third kappa shape index (κ3) is 4.49. The van der Waals surface area contributed by atoms with Gasteiger partial charge in [0.15, 0.2) is 0 Å². The van der Waals surface area contributed by atoms with Crippen LogP contribution >= 0.6 is 0 Å². The smallest absolute Gasteiger partial charge is 0.264 e. The molecule has 0 unspecified atom stereocenters. The molecule has 152 valence electrons. The Balaban J connectivity index is 1.83. The number of rotatable bonds is 6. The van der Waals surface area contributed by atoms with Crippen LogP contribution in [0.2, 0.25) is 0 Å². The van der Waals surface area contributed by atoms with Crippen LogP contribution in [-0.4, -0.2) is 21.4 Å². The standard InChI is InChI=1S/C22H20N4O3S/c1-26(20-11-7-17(15-24)8-12-20)30(28,29)21-4-2-3-18(13-21)22(27)25-19-9-5-16(14-23)6-10-19/h2-13H,15,24H2,1H3,(H,25,27). The molecule has 0 radical (unpaired) electrons. The summed E-state index contributed by atoms with van der Waals surface area (Å²) < 4.78 is 27.2. The third-order valence-electron chi connectivity index (χ3n) is 4.56. The first-order valence-corrected chi connectivity index (χ1v) is 10.5. The fourth-order valence-electron chi connectivity index (χ4n) is 2.77. The number of benzene rings is 3. The molecule has 3 aromatic carbocycles. The molecule has 0 aromatic heterocycles. The van der Waals surface area contributed by atoms with Gasteiger partial charge in [0.1, 0.15) is 0 Å². The van der Waals surface area contributed by atoms with E-state index < -0.39 is 15.9 Å². The van der Waals surface area contributed by atoms with Crippen molar-refractivity contribution in [2.75, 3.05) is 16.7 Å². The molecule has 3 N–H and O–H groups in total. The minimum atomic E-state index is -3.86. The van der Waals surface area contributed by atoms with Gasteiger partial charge in [-0.15, -0.1) is 0 Å². The van der Waals surface area contributed by atoms with Crippen molar-refractivity contribution in [3.8, 4) is 6.07 Å². The van der Waals surface area contributed by atoms with Crippen LogP contribution in [0.4, 0.5) is 11.4 Å².